The Bertz CT molecular complexity index is 356. The van der Waals surface area contributed by atoms with Crippen molar-refractivity contribution in [1.82, 2.24) is 10.3 Å². The van der Waals surface area contributed by atoms with E-state index in [0.29, 0.717) is 5.92 Å². The lowest BCUT2D eigenvalue weighted by atomic mass is 10.0. The second kappa shape index (κ2) is 5.94. The van der Waals surface area contributed by atoms with Gasteiger partial charge in [-0.2, -0.15) is 0 Å². The van der Waals surface area contributed by atoms with E-state index in [1.54, 1.807) is 18.4 Å². The second-order valence-corrected chi connectivity index (χ2v) is 5.88. The summed E-state index contributed by atoms with van der Waals surface area (Å²) >= 11 is 1.77. The topological polar surface area (TPSA) is 34.1 Å². The Morgan fingerprint density at radius 2 is 2.12 bits per heavy atom. The van der Waals surface area contributed by atoms with Crippen molar-refractivity contribution >= 4 is 11.3 Å². The standard InChI is InChI=1S/C13H24N2OS/c1-7-13(4,16-6)12-15-11(9(2)3)10(17-12)8-14-5/h9,14H,7-8H2,1-6H3. The highest BCUT2D eigenvalue weighted by Crippen LogP contribution is 2.35. The predicted molar refractivity (Wildman–Crippen MR) is 73.6 cm³/mol. The molecule has 0 amide bonds. The normalized spacial score (nSPS) is 15.2. The first-order chi connectivity index (χ1) is 7.98. The van der Waals surface area contributed by atoms with Gasteiger partial charge < -0.3 is 10.1 Å². The van der Waals surface area contributed by atoms with E-state index in [-0.39, 0.29) is 5.60 Å². The van der Waals surface area contributed by atoms with Crippen molar-refractivity contribution in [3.63, 3.8) is 0 Å². The maximum Gasteiger partial charge on any atom is 0.125 e. The Morgan fingerprint density at radius 3 is 2.53 bits per heavy atom. The summed E-state index contributed by atoms with van der Waals surface area (Å²) in [4.78, 5) is 6.12. The third-order valence-corrected chi connectivity index (χ3v) is 4.51. The number of nitrogens with one attached hydrogen (secondary N) is 1. The maximum absolute atomic E-state index is 5.63. The molecule has 0 saturated heterocycles. The predicted octanol–water partition coefficient (Wildman–Crippen LogP) is 3.26. The Balaban J connectivity index is 3.14. The minimum absolute atomic E-state index is 0.250. The van der Waals surface area contributed by atoms with Crippen LogP contribution in [0.4, 0.5) is 0 Å². The minimum atomic E-state index is -0.250. The third kappa shape index (κ3) is 3.06. The molecule has 3 nitrogen and oxygen atoms in total. The molecule has 1 aromatic rings. The van der Waals surface area contributed by atoms with E-state index in [4.69, 9.17) is 9.72 Å². The van der Waals surface area contributed by atoms with Gasteiger partial charge in [-0.1, -0.05) is 20.8 Å². The van der Waals surface area contributed by atoms with E-state index in [1.807, 2.05) is 7.05 Å². The van der Waals surface area contributed by atoms with Crippen LogP contribution in [0.1, 0.15) is 55.6 Å². The van der Waals surface area contributed by atoms with Gasteiger partial charge in [0.15, 0.2) is 0 Å². The molecule has 0 aliphatic heterocycles. The highest BCUT2D eigenvalue weighted by Gasteiger charge is 2.29. The van der Waals surface area contributed by atoms with Crippen LogP contribution in [0.5, 0.6) is 0 Å². The molecule has 1 unspecified atom stereocenters. The molecule has 0 spiro atoms. The number of rotatable bonds is 6. The largest absolute Gasteiger partial charge is 0.371 e. The van der Waals surface area contributed by atoms with Crippen LogP contribution < -0.4 is 5.32 Å². The highest BCUT2D eigenvalue weighted by molar-refractivity contribution is 7.11. The fraction of sp³-hybridized carbons (Fsp3) is 0.769. The lowest BCUT2D eigenvalue weighted by Gasteiger charge is -2.23. The summed E-state index contributed by atoms with van der Waals surface area (Å²) in [5.41, 5.74) is 0.955. The number of nitrogens with zero attached hydrogens (tertiary/aromatic N) is 1. The van der Waals surface area contributed by atoms with Crippen LogP contribution in [-0.4, -0.2) is 19.1 Å². The van der Waals surface area contributed by atoms with Crippen molar-refractivity contribution in [2.45, 2.75) is 52.2 Å². The van der Waals surface area contributed by atoms with Gasteiger partial charge in [-0.3, -0.25) is 0 Å². The lowest BCUT2D eigenvalue weighted by molar-refractivity contribution is -0.00168. The molecule has 0 saturated carbocycles. The van der Waals surface area contributed by atoms with Gasteiger partial charge >= 0.3 is 0 Å². The second-order valence-electron chi connectivity index (χ2n) is 4.80. The zero-order valence-corrected chi connectivity index (χ0v) is 12.6. The monoisotopic (exact) mass is 256 g/mol. The lowest BCUT2D eigenvalue weighted by Crippen LogP contribution is -2.22. The summed E-state index contributed by atoms with van der Waals surface area (Å²) in [5.74, 6) is 0.460. The quantitative estimate of drug-likeness (QED) is 0.848. The molecule has 0 bridgehead atoms. The molecule has 1 rings (SSSR count). The van der Waals surface area contributed by atoms with Gasteiger partial charge in [-0.25, -0.2) is 4.98 Å². The average molecular weight is 256 g/mol. The highest BCUT2D eigenvalue weighted by atomic mass is 32.1. The third-order valence-electron chi connectivity index (χ3n) is 3.19. The van der Waals surface area contributed by atoms with Crippen LogP contribution in [0.15, 0.2) is 0 Å². The zero-order valence-electron chi connectivity index (χ0n) is 11.8. The molecule has 0 aromatic carbocycles. The zero-order chi connectivity index (χ0) is 13.1. The molecular weight excluding hydrogens is 232 g/mol. The van der Waals surface area contributed by atoms with E-state index in [0.717, 1.165) is 18.0 Å². The van der Waals surface area contributed by atoms with Gasteiger partial charge in [0, 0.05) is 18.5 Å². The fourth-order valence-corrected chi connectivity index (χ4v) is 3.13. The Hall–Kier alpha value is -0.450. The summed E-state index contributed by atoms with van der Waals surface area (Å²) < 4.78 is 5.63. The number of thiazole rings is 1. The SMILES string of the molecule is CCC(C)(OC)c1nc(C(C)C)c(CNC)s1. The van der Waals surface area contributed by atoms with Crippen LogP contribution in [0.2, 0.25) is 0 Å². The summed E-state index contributed by atoms with van der Waals surface area (Å²) in [6.07, 6.45) is 0.938. The van der Waals surface area contributed by atoms with Crippen molar-refractivity contribution < 1.29 is 4.74 Å². The van der Waals surface area contributed by atoms with Crippen LogP contribution >= 0.6 is 11.3 Å². The Labute approximate surface area is 109 Å². The van der Waals surface area contributed by atoms with E-state index in [1.165, 1.54) is 10.6 Å². The summed E-state index contributed by atoms with van der Waals surface area (Å²) in [6, 6.07) is 0. The van der Waals surface area contributed by atoms with E-state index in [2.05, 4.69) is 33.0 Å². The van der Waals surface area contributed by atoms with E-state index < -0.39 is 0 Å². The molecule has 1 N–H and O–H groups in total. The first kappa shape index (κ1) is 14.6. The molecular formula is C13H24N2OS. The van der Waals surface area contributed by atoms with Gasteiger partial charge in [0.05, 0.1) is 5.69 Å². The molecule has 1 atom stereocenters. The average Bonchev–Trinajstić information content (AvgIpc) is 2.73. The van der Waals surface area contributed by atoms with Gasteiger partial charge in [-0.15, -0.1) is 11.3 Å². The van der Waals surface area contributed by atoms with E-state index >= 15 is 0 Å². The Kier molecular flexibility index (Phi) is 5.10. The van der Waals surface area contributed by atoms with Gasteiger partial charge in [0.25, 0.3) is 0 Å². The van der Waals surface area contributed by atoms with Crippen LogP contribution in [0.25, 0.3) is 0 Å². The van der Waals surface area contributed by atoms with Gasteiger partial charge in [-0.05, 0) is 26.3 Å². The van der Waals surface area contributed by atoms with Crippen molar-refractivity contribution in [1.29, 1.82) is 0 Å². The summed E-state index contributed by atoms with van der Waals surface area (Å²) in [5, 5.41) is 4.30. The Morgan fingerprint density at radius 1 is 1.47 bits per heavy atom. The fourth-order valence-electron chi connectivity index (χ4n) is 1.71. The number of hydrogen-bond donors (Lipinski definition) is 1. The molecule has 0 fully saturated rings. The van der Waals surface area contributed by atoms with Gasteiger partial charge in [0.2, 0.25) is 0 Å². The van der Waals surface area contributed by atoms with E-state index in [9.17, 15) is 0 Å². The number of aromatic nitrogens is 1. The first-order valence-corrected chi connectivity index (χ1v) is 7.00. The van der Waals surface area contributed by atoms with Crippen molar-refractivity contribution in [3.05, 3.63) is 15.6 Å². The molecule has 0 aliphatic rings. The first-order valence-electron chi connectivity index (χ1n) is 6.18. The molecule has 1 aromatic heterocycles. The minimum Gasteiger partial charge on any atom is -0.371 e. The molecule has 98 valence electrons. The smallest absolute Gasteiger partial charge is 0.125 e. The van der Waals surface area contributed by atoms with Crippen molar-refractivity contribution in [2.75, 3.05) is 14.2 Å². The molecule has 0 radical (unpaired) electrons. The van der Waals surface area contributed by atoms with Gasteiger partial charge in [0.1, 0.15) is 10.6 Å². The van der Waals surface area contributed by atoms with Crippen LogP contribution in [0, 0.1) is 0 Å². The number of ether oxygens (including phenoxy) is 1. The summed E-state index contributed by atoms with van der Waals surface area (Å²) in [7, 11) is 3.73. The van der Waals surface area contributed by atoms with Crippen molar-refractivity contribution in [3.8, 4) is 0 Å². The number of hydrogen-bond acceptors (Lipinski definition) is 4. The molecule has 1 heterocycles. The van der Waals surface area contributed by atoms with Crippen LogP contribution in [0.3, 0.4) is 0 Å². The molecule has 4 heteroatoms. The summed E-state index contributed by atoms with van der Waals surface area (Å²) in [6.45, 7) is 9.51. The maximum atomic E-state index is 5.63. The number of methoxy groups -OCH3 is 1. The van der Waals surface area contributed by atoms with Crippen molar-refractivity contribution in [2.24, 2.45) is 0 Å². The molecule has 0 aliphatic carbocycles. The molecule has 17 heavy (non-hydrogen) atoms. The van der Waals surface area contributed by atoms with Crippen LogP contribution in [-0.2, 0) is 16.9 Å².